The minimum absolute atomic E-state index is 0.297. The predicted molar refractivity (Wildman–Crippen MR) is 58.2 cm³/mol. The lowest BCUT2D eigenvalue weighted by atomic mass is 10.2. The maximum atomic E-state index is 13.5. The van der Waals surface area contributed by atoms with Crippen LogP contribution in [0, 0.1) is 5.82 Å². The minimum Gasteiger partial charge on any atom is -0.398 e. The highest BCUT2D eigenvalue weighted by atomic mass is 19.1. The Labute approximate surface area is 92.7 Å². The van der Waals surface area contributed by atoms with E-state index in [4.69, 9.17) is 5.73 Å². The van der Waals surface area contributed by atoms with Crippen LogP contribution in [-0.4, -0.2) is 11.2 Å². The fraction of sp³-hybridized carbons (Fsp3) is 0.167. The molecule has 0 fully saturated rings. The second-order valence-electron chi connectivity index (χ2n) is 3.66. The van der Waals surface area contributed by atoms with E-state index in [1.165, 1.54) is 29.2 Å². The summed E-state index contributed by atoms with van der Waals surface area (Å²) in [5, 5.41) is 0. The molecule has 84 valence electrons. The van der Waals surface area contributed by atoms with Crippen molar-refractivity contribution in [2.24, 2.45) is 5.73 Å². The number of hydrogen-bond donors (Lipinski definition) is 1. The third kappa shape index (κ3) is 2.39. The van der Waals surface area contributed by atoms with Gasteiger partial charge in [0.1, 0.15) is 5.82 Å². The molecule has 0 aromatic heterocycles. The van der Waals surface area contributed by atoms with E-state index < -0.39 is 6.30 Å². The van der Waals surface area contributed by atoms with E-state index in [0.717, 1.165) is 5.56 Å². The molecule has 2 N–H and O–H groups in total. The third-order valence-corrected chi connectivity index (χ3v) is 2.36. The fourth-order valence-electron chi connectivity index (χ4n) is 1.54. The summed E-state index contributed by atoms with van der Waals surface area (Å²) in [5.41, 5.74) is 6.92. The van der Waals surface area contributed by atoms with Crippen molar-refractivity contribution in [2.75, 3.05) is 0 Å². The van der Waals surface area contributed by atoms with E-state index in [2.05, 4.69) is 0 Å². The Morgan fingerprint density at radius 3 is 2.62 bits per heavy atom. The van der Waals surface area contributed by atoms with E-state index in [9.17, 15) is 8.78 Å². The Balaban J connectivity index is 2.10. The quantitative estimate of drug-likeness (QED) is 0.778. The maximum absolute atomic E-state index is 13.5. The van der Waals surface area contributed by atoms with Crippen LogP contribution in [0.15, 0.2) is 48.3 Å². The van der Waals surface area contributed by atoms with E-state index >= 15 is 0 Å². The zero-order chi connectivity index (χ0) is 11.5. The first-order valence-corrected chi connectivity index (χ1v) is 4.95. The molecule has 1 aliphatic rings. The lowest BCUT2D eigenvalue weighted by Gasteiger charge is -2.25. The molecule has 0 saturated heterocycles. The van der Waals surface area contributed by atoms with Gasteiger partial charge in [0.2, 0.25) is 0 Å². The van der Waals surface area contributed by atoms with Gasteiger partial charge in [-0.05, 0) is 29.8 Å². The van der Waals surface area contributed by atoms with Crippen molar-refractivity contribution in [1.82, 2.24) is 4.90 Å². The van der Waals surface area contributed by atoms with E-state index in [1.54, 1.807) is 18.3 Å². The molecule has 0 bridgehead atoms. The van der Waals surface area contributed by atoms with Gasteiger partial charge in [-0.2, -0.15) is 0 Å². The monoisotopic (exact) mass is 222 g/mol. The van der Waals surface area contributed by atoms with Crippen molar-refractivity contribution in [3.8, 4) is 0 Å². The van der Waals surface area contributed by atoms with Gasteiger partial charge in [0.25, 0.3) is 0 Å². The molecule has 0 amide bonds. The molecule has 0 radical (unpaired) electrons. The number of nitrogens with two attached hydrogens (primary N) is 1. The lowest BCUT2D eigenvalue weighted by Crippen LogP contribution is -2.28. The molecule has 16 heavy (non-hydrogen) atoms. The Morgan fingerprint density at radius 1 is 1.25 bits per heavy atom. The number of nitrogens with zero attached hydrogens (tertiary/aromatic N) is 1. The van der Waals surface area contributed by atoms with Crippen LogP contribution in [0.25, 0.3) is 0 Å². The zero-order valence-electron chi connectivity index (χ0n) is 8.61. The SMILES string of the molecule is NC1=CN(Cc2ccc(F)cc2)C(F)C=C1. The predicted octanol–water partition coefficient (Wildman–Crippen LogP) is 2.29. The van der Waals surface area contributed by atoms with Crippen LogP contribution in [0.1, 0.15) is 5.56 Å². The molecule has 1 heterocycles. The van der Waals surface area contributed by atoms with Gasteiger partial charge in [0, 0.05) is 18.4 Å². The van der Waals surface area contributed by atoms with Crippen LogP contribution in [0.3, 0.4) is 0 Å². The standard InChI is InChI=1S/C12H12F2N2/c13-10-3-1-9(2-4-10)7-16-8-11(15)5-6-12(16)14/h1-6,8,12H,7,15H2. The molecule has 2 rings (SSSR count). The van der Waals surface area contributed by atoms with Crippen LogP contribution >= 0.6 is 0 Å². The molecule has 1 aromatic rings. The van der Waals surface area contributed by atoms with Gasteiger partial charge >= 0.3 is 0 Å². The Hall–Kier alpha value is -1.84. The number of rotatable bonds is 2. The Bertz CT molecular complexity index is 423. The van der Waals surface area contributed by atoms with Crippen molar-refractivity contribution in [1.29, 1.82) is 0 Å². The summed E-state index contributed by atoms with van der Waals surface area (Å²) in [6, 6.07) is 5.97. The van der Waals surface area contributed by atoms with Crippen LogP contribution in [-0.2, 0) is 6.54 Å². The highest BCUT2D eigenvalue weighted by Gasteiger charge is 2.15. The first kappa shape index (κ1) is 10.7. The average Bonchev–Trinajstić information content (AvgIpc) is 2.27. The van der Waals surface area contributed by atoms with Crippen LogP contribution in [0.5, 0.6) is 0 Å². The molecule has 1 aliphatic heterocycles. The molecule has 1 unspecified atom stereocenters. The Kier molecular flexibility index (Phi) is 2.90. The second-order valence-corrected chi connectivity index (χ2v) is 3.66. The number of benzene rings is 1. The van der Waals surface area contributed by atoms with Crippen molar-refractivity contribution < 1.29 is 8.78 Å². The summed E-state index contributed by atoms with van der Waals surface area (Å²) >= 11 is 0. The molecule has 1 aromatic carbocycles. The van der Waals surface area contributed by atoms with Gasteiger partial charge in [0.15, 0.2) is 6.30 Å². The molecular formula is C12H12F2N2. The summed E-state index contributed by atoms with van der Waals surface area (Å²) in [6.07, 6.45) is 3.29. The highest BCUT2D eigenvalue weighted by Crippen LogP contribution is 2.16. The van der Waals surface area contributed by atoms with Crippen molar-refractivity contribution in [3.63, 3.8) is 0 Å². The van der Waals surface area contributed by atoms with E-state index in [-0.39, 0.29) is 5.82 Å². The first-order chi connectivity index (χ1) is 7.65. The molecular weight excluding hydrogens is 210 g/mol. The number of allylic oxidation sites excluding steroid dienone is 1. The Morgan fingerprint density at radius 2 is 1.94 bits per heavy atom. The van der Waals surface area contributed by atoms with Gasteiger partial charge in [0.05, 0.1) is 0 Å². The molecule has 0 spiro atoms. The van der Waals surface area contributed by atoms with E-state index in [1.807, 2.05) is 0 Å². The third-order valence-electron chi connectivity index (χ3n) is 2.36. The normalized spacial score (nSPS) is 19.8. The molecule has 0 saturated carbocycles. The highest BCUT2D eigenvalue weighted by molar-refractivity contribution is 5.22. The van der Waals surface area contributed by atoms with Gasteiger partial charge in [-0.1, -0.05) is 12.1 Å². The molecule has 2 nitrogen and oxygen atoms in total. The molecule has 1 atom stereocenters. The van der Waals surface area contributed by atoms with Gasteiger partial charge in [-0.15, -0.1) is 0 Å². The van der Waals surface area contributed by atoms with Crippen molar-refractivity contribution in [2.45, 2.75) is 12.8 Å². The smallest absolute Gasteiger partial charge is 0.191 e. The minimum atomic E-state index is -1.18. The number of alkyl halides is 1. The summed E-state index contributed by atoms with van der Waals surface area (Å²) in [6.45, 7) is 0.368. The topological polar surface area (TPSA) is 29.3 Å². The summed E-state index contributed by atoms with van der Waals surface area (Å²) < 4.78 is 26.1. The maximum Gasteiger partial charge on any atom is 0.191 e. The summed E-state index contributed by atoms with van der Waals surface area (Å²) in [4.78, 5) is 1.46. The second kappa shape index (κ2) is 4.35. The van der Waals surface area contributed by atoms with Gasteiger partial charge < -0.3 is 10.6 Å². The summed E-state index contributed by atoms with van der Waals surface area (Å²) in [5.74, 6) is -0.297. The number of hydrogen-bond acceptors (Lipinski definition) is 2. The van der Waals surface area contributed by atoms with Crippen molar-refractivity contribution >= 4 is 0 Å². The fourth-order valence-corrected chi connectivity index (χ4v) is 1.54. The average molecular weight is 222 g/mol. The zero-order valence-corrected chi connectivity index (χ0v) is 8.61. The largest absolute Gasteiger partial charge is 0.398 e. The van der Waals surface area contributed by atoms with Gasteiger partial charge in [-0.25, -0.2) is 8.78 Å². The van der Waals surface area contributed by atoms with Crippen LogP contribution in [0.4, 0.5) is 8.78 Å². The number of halogens is 2. The van der Waals surface area contributed by atoms with E-state index in [0.29, 0.717) is 12.2 Å². The van der Waals surface area contributed by atoms with Gasteiger partial charge in [-0.3, -0.25) is 0 Å². The van der Waals surface area contributed by atoms with Crippen LogP contribution < -0.4 is 5.73 Å². The van der Waals surface area contributed by atoms with Crippen LogP contribution in [0.2, 0.25) is 0 Å². The molecule has 4 heteroatoms. The lowest BCUT2D eigenvalue weighted by molar-refractivity contribution is 0.167. The van der Waals surface area contributed by atoms with Crippen molar-refractivity contribution in [3.05, 3.63) is 59.7 Å². The first-order valence-electron chi connectivity index (χ1n) is 4.95. The summed E-state index contributed by atoms with van der Waals surface area (Å²) in [7, 11) is 0. The molecule has 0 aliphatic carbocycles.